The minimum atomic E-state index is -0.426. The zero-order valence-electron chi connectivity index (χ0n) is 11.5. The van der Waals surface area contributed by atoms with Gasteiger partial charge in [-0.05, 0) is 0 Å². The number of piperazine rings is 1. The topological polar surface area (TPSA) is 45.7 Å². The molecular weight excluding hydrogens is 325 g/mol. The molecule has 7 heteroatoms. The van der Waals surface area contributed by atoms with Gasteiger partial charge in [0.05, 0.1) is 0 Å². The molecule has 1 unspecified atom stereocenters. The fourth-order valence-electron chi connectivity index (χ4n) is 1.86. The molecule has 1 atom stereocenters. The number of nitrogens with zero attached hydrogens (tertiary/aromatic N) is 3. The SMILES string of the molecule is CC(C)(C)OC(=O)N1CCN(c2cnc([AsH2])s2)CC1. The Morgan fingerprint density at radius 2 is 2.00 bits per heavy atom. The van der Waals surface area contributed by atoms with Crippen LogP contribution >= 0.6 is 11.3 Å². The van der Waals surface area contributed by atoms with Crippen molar-refractivity contribution in [2.45, 2.75) is 26.4 Å². The van der Waals surface area contributed by atoms with E-state index in [2.05, 4.69) is 9.88 Å². The predicted molar refractivity (Wildman–Crippen MR) is 80.3 cm³/mol. The van der Waals surface area contributed by atoms with Gasteiger partial charge in [-0.25, -0.2) is 0 Å². The summed E-state index contributed by atoms with van der Waals surface area (Å²) < 4.78 is 6.52. The van der Waals surface area contributed by atoms with Gasteiger partial charge in [0.25, 0.3) is 0 Å². The Morgan fingerprint density at radius 1 is 1.37 bits per heavy atom. The first-order chi connectivity index (χ1) is 8.85. The second kappa shape index (κ2) is 5.71. The summed E-state index contributed by atoms with van der Waals surface area (Å²) in [5, 5.41) is 1.20. The number of rotatable bonds is 1. The van der Waals surface area contributed by atoms with Crippen LogP contribution in [0.5, 0.6) is 0 Å². The number of aromatic nitrogens is 1. The quantitative estimate of drug-likeness (QED) is 0.694. The zero-order chi connectivity index (χ0) is 14.0. The molecule has 1 aliphatic rings. The van der Waals surface area contributed by atoms with E-state index in [1.807, 2.05) is 27.0 Å². The van der Waals surface area contributed by atoms with Gasteiger partial charge in [0, 0.05) is 0 Å². The van der Waals surface area contributed by atoms with E-state index in [1.165, 1.54) is 5.00 Å². The van der Waals surface area contributed by atoms with Crippen molar-refractivity contribution in [3.63, 3.8) is 0 Å². The van der Waals surface area contributed by atoms with Crippen LogP contribution in [0.3, 0.4) is 0 Å². The molecule has 0 saturated carbocycles. The number of carbonyl (C=O) groups excluding carboxylic acids is 1. The molecule has 1 saturated heterocycles. The van der Waals surface area contributed by atoms with E-state index in [1.54, 1.807) is 33.1 Å². The third-order valence-corrected chi connectivity index (χ3v) is 4.70. The maximum absolute atomic E-state index is 11.9. The third kappa shape index (κ3) is 4.11. The van der Waals surface area contributed by atoms with Gasteiger partial charge < -0.3 is 0 Å². The number of anilines is 1. The number of ether oxygens (including phenoxy) is 1. The van der Waals surface area contributed by atoms with Gasteiger partial charge in [0.1, 0.15) is 0 Å². The number of thiazole rings is 1. The molecule has 1 amide bonds. The molecule has 0 spiro atoms. The summed E-state index contributed by atoms with van der Waals surface area (Å²) in [6.07, 6.45) is 1.71. The summed E-state index contributed by atoms with van der Waals surface area (Å²) >= 11 is 3.27. The van der Waals surface area contributed by atoms with Crippen molar-refractivity contribution in [2.24, 2.45) is 0 Å². The van der Waals surface area contributed by atoms with Gasteiger partial charge in [0.2, 0.25) is 0 Å². The van der Waals surface area contributed by atoms with Crippen LogP contribution in [-0.4, -0.2) is 64.6 Å². The molecule has 1 aromatic heterocycles. The summed E-state index contributed by atoms with van der Waals surface area (Å²) in [6, 6.07) is 0. The van der Waals surface area contributed by atoms with Crippen LogP contribution in [0.1, 0.15) is 20.8 Å². The molecule has 2 heterocycles. The third-order valence-electron chi connectivity index (χ3n) is 2.75. The summed E-state index contributed by atoms with van der Waals surface area (Å²) in [5.74, 6) is 0. The van der Waals surface area contributed by atoms with E-state index in [-0.39, 0.29) is 6.09 Å². The van der Waals surface area contributed by atoms with E-state index >= 15 is 0 Å². The van der Waals surface area contributed by atoms with E-state index in [0.29, 0.717) is 13.1 Å². The van der Waals surface area contributed by atoms with Gasteiger partial charge in [-0.1, -0.05) is 0 Å². The van der Waals surface area contributed by atoms with Crippen molar-refractivity contribution in [1.29, 1.82) is 0 Å². The van der Waals surface area contributed by atoms with Gasteiger partial charge in [-0.2, -0.15) is 0 Å². The maximum atomic E-state index is 11.9. The molecular formula is C12H20AsN3O2S. The minimum absolute atomic E-state index is 0.212. The Bertz CT molecular complexity index is 450. The standard InChI is InChI=1S/C12H20AsN3O2S/c1-12(2,3)18-11(17)16-6-4-15(5-7-16)9-8-14-10(13)19-9/h8H,4-7,13H2,1-3H3. The van der Waals surface area contributed by atoms with Crippen molar-refractivity contribution >= 4 is 43.1 Å². The summed E-state index contributed by atoms with van der Waals surface area (Å²) in [6.45, 7) is 8.77. The second-order valence-corrected chi connectivity index (χ2v) is 8.56. The molecule has 1 fully saturated rings. The Morgan fingerprint density at radius 3 is 2.47 bits per heavy atom. The first-order valence-electron chi connectivity index (χ1n) is 6.29. The monoisotopic (exact) mass is 345 g/mol. The average Bonchev–Trinajstić information content (AvgIpc) is 2.74. The van der Waals surface area contributed by atoms with Crippen LogP contribution in [0.25, 0.3) is 0 Å². The Kier molecular flexibility index (Phi) is 4.41. The number of amides is 1. The Labute approximate surface area is 126 Å². The van der Waals surface area contributed by atoms with Crippen molar-refractivity contribution in [3.8, 4) is 0 Å². The van der Waals surface area contributed by atoms with Crippen molar-refractivity contribution < 1.29 is 9.53 Å². The number of hydrogen-bond acceptors (Lipinski definition) is 5. The van der Waals surface area contributed by atoms with Crippen LogP contribution in [-0.2, 0) is 4.74 Å². The Hall–Kier alpha value is -0.742. The normalized spacial score (nSPS) is 16.6. The summed E-state index contributed by atoms with van der Waals surface area (Å²) in [7, 11) is 0. The van der Waals surface area contributed by atoms with Crippen LogP contribution in [0.2, 0.25) is 0 Å². The number of carbonyl (C=O) groups is 1. The van der Waals surface area contributed by atoms with Crippen molar-refractivity contribution in [1.82, 2.24) is 9.88 Å². The molecule has 5 nitrogen and oxygen atoms in total. The first-order valence-corrected chi connectivity index (χ1v) is 8.32. The Balaban J connectivity index is 1.87. The predicted octanol–water partition coefficient (Wildman–Crippen LogP) is 0.459. The molecule has 2 rings (SSSR count). The second-order valence-electron chi connectivity index (χ2n) is 5.49. The first kappa shape index (κ1) is 14.7. The van der Waals surface area contributed by atoms with E-state index in [9.17, 15) is 4.79 Å². The van der Waals surface area contributed by atoms with Gasteiger partial charge in [-0.15, -0.1) is 0 Å². The fourth-order valence-corrected chi connectivity index (χ4v) is 3.51. The summed E-state index contributed by atoms with van der Waals surface area (Å²) in [4.78, 5) is 20.3. The van der Waals surface area contributed by atoms with Crippen LogP contribution < -0.4 is 8.70 Å². The van der Waals surface area contributed by atoms with Crippen LogP contribution in [0.4, 0.5) is 9.80 Å². The molecule has 0 aliphatic carbocycles. The van der Waals surface area contributed by atoms with Crippen molar-refractivity contribution in [3.05, 3.63) is 6.20 Å². The molecule has 0 aromatic carbocycles. The van der Waals surface area contributed by atoms with Crippen molar-refractivity contribution in [2.75, 3.05) is 31.1 Å². The average molecular weight is 345 g/mol. The van der Waals surface area contributed by atoms with Crippen LogP contribution in [0.15, 0.2) is 6.20 Å². The number of hydrogen-bond donors (Lipinski definition) is 0. The molecule has 0 bridgehead atoms. The van der Waals surface area contributed by atoms with Gasteiger partial charge >= 0.3 is 126 Å². The molecule has 1 aromatic rings. The van der Waals surface area contributed by atoms with Gasteiger partial charge in [-0.3, -0.25) is 0 Å². The van der Waals surface area contributed by atoms with Gasteiger partial charge in [0.15, 0.2) is 0 Å². The van der Waals surface area contributed by atoms with Crippen LogP contribution in [0, 0.1) is 0 Å². The molecule has 0 radical (unpaired) electrons. The molecule has 1 aliphatic heterocycles. The summed E-state index contributed by atoms with van der Waals surface area (Å²) in [5.41, 5.74) is -0.426. The van der Waals surface area contributed by atoms with E-state index in [4.69, 9.17) is 4.74 Å². The molecule has 0 N–H and O–H groups in total. The fraction of sp³-hybridized carbons (Fsp3) is 0.667. The van der Waals surface area contributed by atoms with E-state index < -0.39 is 5.60 Å². The zero-order valence-corrected chi connectivity index (χ0v) is 14.8. The molecule has 106 valence electrons. The molecule has 19 heavy (non-hydrogen) atoms. The van der Waals surface area contributed by atoms with E-state index in [0.717, 1.165) is 16.9 Å².